The fraction of sp³-hybridized carbons (Fsp3) is 0.259. The molecule has 3 aromatic carbocycles. The molecule has 0 spiro atoms. The Bertz CT molecular complexity index is 1570. The Morgan fingerprint density at radius 2 is 1.63 bits per heavy atom. The molecule has 4 rings (SSSR count). The van der Waals surface area contributed by atoms with Gasteiger partial charge in [0.2, 0.25) is 10.0 Å². The lowest BCUT2D eigenvalue weighted by atomic mass is 10.0. The molecular weight excluding hydrogens is 466 g/mol. The van der Waals surface area contributed by atoms with E-state index in [2.05, 4.69) is 4.72 Å². The summed E-state index contributed by atoms with van der Waals surface area (Å²) < 4.78 is 39.7. The highest BCUT2D eigenvalue weighted by molar-refractivity contribution is 7.89. The molecule has 8 heteroatoms. The molecule has 0 bridgehead atoms. The summed E-state index contributed by atoms with van der Waals surface area (Å²) in [5.74, 6) is -0.866. The lowest BCUT2D eigenvalue weighted by molar-refractivity contribution is -0.137. The van der Waals surface area contributed by atoms with Gasteiger partial charge in [0.15, 0.2) is 0 Å². The largest absolute Gasteiger partial charge is 0.425 e. The molecule has 0 fully saturated rings. The molecule has 0 aliphatic rings. The minimum Gasteiger partial charge on any atom is -0.425 e. The van der Waals surface area contributed by atoms with E-state index in [1.54, 1.807) is 50.2 Å². The number of sulfonamides is 1. The Morgan fingerprint density at radius 1 is 0.971 bits per heavy atom. The Morgan fingerprint density at radius 3 is 2.29 bits per heavy atom. The Balaban J connectivity index is 1.68. The summed E-state index contributed by atoms with van der Waals surface area (Å²) in [5, 5.41) is 1.92. The van der Waals surface area contributed by atoms with Gasteiger partial charge in [-0.05, 0) is 55.5 Å². The number of nitrogens with one attached hydrogen (secondary N) is 1. The van der Waals surface area contributed by atoms with Gasteiger partial charge in [-0.15, -0.1) is 0 Å². The molecule has 0 aliphatic heterocycles. The smallest absolute Gasteiger partial charge is 0.344 e. The normalized spacial score (nSPS) is 13.6. The summed E-state index contributed by atoms with van der Waals surface area (Å²) in [6.45, 7) is 7.20. The van der Waals surface area contributed by atoms with E-state index in [0.29, 0.717) is 23.0 Å². The van der Waals surface area contributed by atoms with E-state index >= 15 is 0 Å². The molecule has 0 unspecified atom stereocenters. The minimum absolute atomic E-state index is 0.0692. The van der Waals surface area contributed by atoms with Crippen LogP contribution in [-0.4, -0.2) is 20.4 Å². The van der Waals surface area contributed by atoms with Crippen molar-refractivity contribution in [2.75, 3.05) is 0 Å². The fourth-order valence-corrected chi connectivity index (χ4v) is 5.22. The molecule has 0 amide bonds. The van der Waals surface area contributed by atoms with Crippen molar-refractivity contribution >= 4 is 37.7 Å². The second-order valence-corrected chi connectivity index (χ2v) is 10.4. The number of carbonyl (C=O) groups is 1. The van der Waals surface area contributed by atoms with Crippen LogP contribution in [0.4, 0.5) is 0 Å². The third-order valence-electron chi connectivity index (χ3n) is 6.28. The average Bonchev–Trinajstić information content (AvgIpc) is 2.84. The third-order valence-corrected chi connectivity index (χ3v) is 7.74. The van der Waals surface area contributed by atoms with Crippen molar-refractivity contribution in [2.24, 2.45) is 5.92 Å². The van der Waals surface area contributed by atoms with Crippen LogP contribution in [-0.2, 0) is 14.8 Å². The van der Waals surface area contributed by atoms with Crippen molar-refractivity contribution in [1.29, 1.82) is 0 Å². The number of ether oxygens (including phenoxy) is 1. The molecule has 0 aliphatic carbocycles. The van der Waals surface area contributed by atoms with Gasteiger partial charge in [-0.3, -0.25) is 0 Å². The number of benzene rings is 3. The number of fused-ring (bicyclic) bond motifs is 3. The molecule has 2 atom stereocenters. The Kier molecular flexibility index (Phi) is 6.78. The monoisotopic (exact) mass is 493 g/mol. The number of carbonyl (C=O) groups excluding carboxylic acids is 1. The zero-order valence-electron chi connectivity index (χ0n) is 20.0. The number of rotatable bonds is 7. The van der Waals surface area contributed by atoms with Gasteiger partial charge in [-0.2, -0.15) is 4.72 Å². The molecule has 182 valence electrons. The van der Waals surface area contributed by atoms with Crippen LogP contribution in [0, 0.1) is 19.8 Å². The fourth-order valence-electron chi connectivity index (χ4n) is 3.93. The maximum absolute atomic E-state index is 13.2. The van der Waals surface area contributed by atoms with Crippen molar-refractivity contribution in [2.45, 2.75) is 45.1 Å². The summed E-state index contributed by atoms with van der Waals surface area (Å²) >= 11 is 0. The molecule has 35 heavy (non-hydrogen) atoms. The standard InChI is InChI=1S/C27H27NO6S/c1-5-17(3)24(28-35(31,32)19-12-10-16(2)11-13-19)27(30)33-23-15-14-21-20-8-6-7-9-22(20)26(29)34-25(21)18(23)4/h6-15,17,24,28H,5H2,1-4H3/t17-,24+/m0/s1. The van der Waals surface area contributed by atoms with Crippen LogP contribution in [0.3, 0.4) is 0 Å². The molecule has 1 aromatic heterocycles. The third kappa shape index (κ3) is 4.85. The van der Waals surface area contributed by atoms with Crippen molar-refractivity contribution in [1.82, 2.24) is 4.72 Å². The second-order valence-electron chi connectivity index (χ2n) is 8.72. The highest BCUT2D eigenvalue weighted by Crippen LogP contribution is 2.31. The summed E-state index contributed by atoms with van der Waals surface area (Å²) in [4.78, 5) is 25.7. The van der Waals surface area contributed by atoms with E-state index < -0.39 is 27.7 Å². The van der Waals surface area contributed by atoms with Gasteiger partial charge in [0, 0.05) is 10.9 Å². The van der Waals surface area contributed by atoms with Gasteiger partial charge >= 0.3 is 11.6 Å². The van der Waals surface area contributed by atoms with Crippen LogP contribution >= 0.6 is 0 Å². The minimum atomic E-state index is -3.95. The number of esters is 1. The number of aryl methyl sites for hydroxylation is 2. The lowest BCUT2D eigenvalue weighted by Gasteiger charge is -2.23. The van der Waals surface area contributed by atoms with Crippen molar-refractivity contribution in [3.05, 3.63) is 82.2 Å². The predicted octanol–water partition coefficient (Wildman–Crippen LogP) is 4.86. The van der Waals surface area contributed by atoms with E-state index in [0.717, 1.165) is 16.3 Å². The van der Waals surface area contributed by atoms with E-state index in [1.165, 1.54) is 12.1 Å². The molecule has 0 saturated heterocycles. The summed E-state index contributed by atoms with van der Waals surface area (Å²) in [6, 6.07) is 15.8. The summed E-state index contributed by atoms with van der Waals surface area (Å²) in [7, 11) is -3.95. The second kappa shape index (κ2) is 9.64. The molecule has 7 nitrogen and oxygen atoms in total. The van der Waals surface area contributed by atoms with E-state index in [4.69, 9.17) is 9.15 Å². The quantitative estimate of drug-likeness (QED) is 0.171. The molecule has 1 heterocycles. The topological polar surface area (TPSA) is 103 Å². The van der Waals surface area contributed by atoms with Crippen LogP contribution in [0.2, 0.25) is 0 Å². The van der Waals surface area contributed by atoms with E-state index in [9.17, 15) is 18.0 Å². The molecule has 0 radical (unpaired) electrons. The van der Waals surface area contributed by atoms with Crippen LogP contribution in [0.25, 0.3) is 21.7 Å². The van der Waals surface area contributed by atoms with Gasteiger partial charge < -0.3 is 9.15 Å². The van der Waals surface area contributed by atoms with Crippen molar-refractivity contribution < 1.29 is 22.4 Å². The predicted molar refractivity (Wildman–Crippen MR) is 135 cm³/mol. The molecule has 1 N–H and O–H groups in total. The van der Waals surface area contributed by atoms with E-state index in [1.807, 2.05) is 26.0 Å². The van der Waals surface area contributed by atoms with Crippen LogP contribution in [0.15, 0.2) is 74.8 Å². The van der Waals surface area contributed by atoms with Crippen LogP contribution in [0.1, 0.15) is 31.4 Å². The maximum atomic E-state index is 13.2. The zero-order valence-corrected chi connectivity index (χ0v) is 20.8. The van der Waals surface area contributed by atoms with Gasteiger partial charge in [0.05, 0.1) is 10.3 Å². The SMILES string of the molecule is CC[C@H](C)[C@@H](NS(=O)(=O)c1ccc(C)cc1)C(=O)Oc1ccc2c(oc(=O)c3ccccc32)c1C. The van der Waals surface area contributed by atoms with Gasteiger partial charge in [-0.25, -0.2) is 18.0 Å². The molecule has 0 saturated carbocycles. The average molecular weight is 494 g/mol. The van der Waals surface area contributed by atoms with Crippen molar-refractivity contribution in [3.63, 3.8) is 0 Å². The first-order valence-electron chi connectivity index (χ1n) is 11.4. The first kappa shape index (κ1) is 24.6. The number of hydrogen-bond acceptors (Lipinski definition) is 6. The lowest BCUT2D eigenvalue weighted by Crippen LogP contribution is -2.47. The van der Waals surface area contributed by atoms with Crippen molar-refractivity contribution in [3.8, 4) is 5.75 Å². The molecular formula is C27H27NO6S. The van der Waals surface area contributed by atoms with Crippen LogP contribution < -0.4 is 15.1 Å². The zero-order chi connectivity index (χ0) is 25.3. The summed E-state index contributed by atoms with van der Waals surface area (Å²) in [5.41, 5.74) is 1.23. The van der Waals surface area contributed by atoms with Gasteiger partial charge in [-0.1, -0.05) is 56.2 Å². The highest BCUT2D eigenvalue weighted by Gasteiger charge is 2.32. The Hall–Kier alpha value is -3.49. The Labute approximate surface area is 203 Å². The maximum Gasteiger partial charge on any atom is 0.344 e. The molecule has 4 aromatic rings. The van der Waals surface area contributed by atoms with Gasteiger partial charge in [0.25, 0.3) is 0 Å². The number of hydrogen-bond donors (Lipinski definition) is 1. The van der Waals surface area contributed by atoms with Crippen LogP contribution in [0.5, 0.6) is 5.75 Å². The first-order valence-corrected chi connectivity index (χ1v) is 12.9. The van der Waals surface area contributed by atoms with E-state index in [-0.39, 0.29) is 16.6 Å². The van der Waals surface area contributed by atoms with Gasteiger partial charge in [0.1, 0.15) is 17.4 Å². The first-order chi connectivity index (χ1) is 16.6. The highest BCUT2D eigenvalue weighted by atomic mass is 32.2. The summed E-state index contributed by atoms with van der Waals surface area (Å²) in [6.07, 6.45) is 0.549.